The second kappa shape index (κ2) is 4.66. The van der Waals surface area contributed by atoms with E-state index in [2.05, 4.69) is 22.0 Å². The molecule has 2 rings (SSSR count). The minimum Gasteiger partial charge on any atom is -0.378 e. The first-order valence-corrected chi connectivity index (χ1v) is 5.95. The zero-order chi connectivity index (χ0) is 9.80. The molecular formula is C10H14N2OS. The molecule has 2 heterocycles. The molecule has 14 heavy (non-hydrogen) atoms. The van der Waals surface area contributed by atoms with Crippen LogP contribution in [0.2, 0.25) is 0 Å². The van der Waals surface area contributed by atoms with Crippen LogP contribution in [0.5, 0.6) is 0 Å². The van der Waals surface area contributed by atoms with Gasteiger partial charge in [-0.1, -0.05) is 0 Å². The smallest absolute Gasteiger partial charge is 0.0958 e. The van der Waals surface area contributed by atoms with E-state index >= 15 is 0 Å². The highest BCUT2D eigenvalue weighted by Crippen LogP contribution is 2.18. The molecule has 4 heteroatoms. The number of pyridine rings is 1. The van der Waals surface area contributed by atoms with Gasteiger partial charge in [0.1, 0.15) is 0 Å². The molecule has 1 aliphatic heterocycles. The van der Waals surface area contributed by atoms with Crippen molar-refractivity contribution in [2.45, 2.75) is 5.03 Å². The predicted octanol–water partition coefficient (Wildman–Crippen LogP) is 1.64. The van der Waals surface area contributed by atoms with Crippen molar-refractivity contribution in [2.75, 3.05) is 37.5 Å². The van der Waals surface area contributed by atoms with Gasteiger partial charge in [0.2, 0.25) is 0 Å². The molecule has 0 aliphatic carbocycles. The third kappa shape index (κ3) is 2.19. The van der Waals surface area contributed by atoms with Gasteiger partial charge in [0.05, 0.1) is 30.1 Å². The number of nitrogens with zero attached hydrogens (tertiary/aromatic N) is 2. The predicted molar refractivity (Wildman–Crippen MR) is 59.1 cm³/mol. The van der Waals surface area contributed by atoms with Gasteiger partial charge >= 0.3 is 0 Å². The van der Waals surface area contributed by atoms with Crippen molar-refractivity contribution in [3.63, 3.8) is 0 Å². The molecule has 1 aliphatic rings. The second-order valence-electron chi connectivity index (χ2n) is 3.16. The highest BCUT2D eigenvalue weighted by Gasteiger charge is 2.10. The van der Waals surface area contributed by atoms with Crippen molar-refractivity contribution in [1.82, 2.24) is 4.98 Å². The van der Waals surface area contributed by atoms with E-state index in [-0.39, 0.29) is 0 Å². The number of aromatic nitrogens is 1. The van der Waals surface area contributed by atoms with E-state index in [1.807, 2.05) is 12.5 Å². The lowest BCUT2D eigenvalue weighted by Gasteiger charge is -2.28. The van der Waals surface area contributed by atoms with Gasteiger partial charge in [-0.05, 0) is 18.4 Å². The van der Waals surface area contributed by atoms with Crippen LogP contribution in [-0.2, 0) is 4.74 Å². The van der Waals surface area contributed by atoms with Gasteiger partial charge in [-0.3, -0.25) is 0 Å². The van der Waals surface area contributed by atoms with Crippen molar-refractivity contribution in [3.8, 4) is 0 Å². The van der Waals surface area contributed by atoms with Crippen molar-refractivity contribution in [3.05, 3.63) is 18.3 Å². The van der Waals surface area contributed by atoms with Crippen LogP contribution >= 0.6 is 11.8 Å². The summed E-state index contributed by atoms with van der Waals surface area (Å²) in [6.07, 6.45) is 3.98. The molecule has 1 aromatic rings. The maximum absolute atomic E-state index is 5.30. The molecule has 0 unspecified atom stereocenters. The van der Waals surface area contributed by atoms with Crippen LogP contribution < -0.4 is 4.90 Å². The van der Waals surface area contributed by atoms with E-state index in [1.165, 1.54) is 5.69 Å². The number of rotatable bonds is 2. The van der Waals surface area contributed by atoms with Crippen molar-refractivity contribution < 1.29 is 4.74 Å². The Morgan fingerprint density at radius 1 is 1.36 bits per heavy atom. The van der Waals surface area contributed by atoms with Crippen LogP contribution in [-0.4, -0.2) is 37.5 Å². The van der Waals surface area contributed by atoms with Gasteiger partial charge in [0.25, 0.3) is 0 Å². The Hall–Kier alpha value is -0.740. The summed E-state index contributed by atoms with van der Waals surface area (Å²) in [5.41, 5.74) is 1.20. The summed E-state index contributed by atoms with van der Waals surface area (Å²) in [5, 5.41) is 1.07. The lowest BCUT2D eigenvalue weighted by molar-refractivity contribution is 0.122. The quantitative estimate of drug-likeness (QED) is 0.693. The molecule has 0 bridgehead atoms. The fourth-order valence-corrected chi connectivity index (χ4v) is 1.86. The van der Waals surface area contributed by atoms with Gasteiger partial charge in [0, 0.05) is 13.1 Å². The minimum absolute atomic E-state index is 0.824. The van der Waals surface area contributed by atoms with Crippen LogP contribution in [0.1, 0.15) is 0 Å². The molecule has 0 N–H and O–H groups in total. The maximum atomic E-state index is 5.30. The van der Waals surface area contributed by atoms with Gasteiger partial charge in [-0.2, -0.15) is 0 Å². The van der Waals surface area contributed by atoms with Gasteiger partial charge < -0.3 is 9.64 Å². The standard InChI is InChI=1S/C10H14N2OS/c1-14-10-3-2-9(8-11-10)12-4-6-13-7-5-12/h2-3,8H,4-7H2,1H3. The Kier molecular flexibility index (Phi) is 3.26. The Bertz CT molecular complexity index is 283. The SMILES string of the molecule is CSc1ccc(N2CCOCC2)cn1. The van der Waals surface area contributed by atoms with Crippen LogP contribution in [0.3, 0.4) is 0 Å². The third-order valence-electron chi connectivity index (χ3n) is 2.31. The normalized spacial score (nSPS) is 17.1. The first-order chi connectivity index (χ1) is 6.90. The number of thioether (sulfide) groups is 1. The Morgan fingerprint density at radius 3 is 2.71 bits per heavy atom. The van der Waals surface area contributed by atoms with E-state index in [0.29, 0.717) is 0 Å². The van der Waals surface area contributed by atoms with Gasteiger partial charge in [-0.25, -0.2) is 4.98 Å². The van der Waals surface area contributed by atoms with Crippen LogP contribution in [0.15, 0.2) is 23.4 Å². The van der Waals surface area contributed by atoms with Crippen molar-refractivity contribution in [1.29, 1.82) is 0 Å². The maximum Gasteiger partial charge on any atom is 0.0958 e. The van der Waals surface area contributed by atoms with E-state index in [1.54, 1.807) is 11.8 Å². The lowest BCUT2D eigenvalue weighted by atomic mass is 10.3. The average Bonchev–Trinajstić information content (AvgIpc) is 2.30. The molecule has 0 aromatic carbocycles. The number of ether oxygens (including phenoxy) is 1. The molecule has 1 saturated heterocycles. The summed E-state index contributed by atoms with van der Waals surface area (Å²) in [6.45, 7) is 3.59. The first-order valence-electron chi connectivity index (χ1n) is 4.73. The number of morpholine rings is 1. The molecule has 76 valence electrons. The molecule has 0 amide bonds. The van der Waals surface area contributed by atoms with E-state index < -0.39 is 0 Å². The Morgan fingerprint density at radius 2 is 2.14 bits per heavy atom. The van der Waals surface area contributed by atoms with Crippen molar-refractivity contribution in [2.24, 2.45) is 0 Å². The molecule has 0 atom stereocenters. The zero-order valence-electron chi connectivity index (χ0n) is 8.27. The van der Waals surface area contributed by atoms with E-state index in [4.69, 9.17) is 4.74 Å². The third-order valence-corrected chi connectivity index (χ3v) is 2.97. The lowest BCUT2D eigenvalue weighted by Crippen LogP contribution is -2.36. The molecule has 0 saturated carbocycles. The highest BCUT2D eigenvalue weighted by atomic mass is 32.2. The largest absolute Gasteiger partial charge is 0.378 e. The highest BCUT2D eigenvalue weighted by molar-refractivity contribution is 7.98. The summed E-state index contributed by atoms with van der Waals surface area (Å²) in [7, 11) is 0. The fourth-order valence-electron chi connectivity index (χ4n) is 1.50. The number of anilines is 1. The molecule has 1 aromatic heterocycles. The first kappa shape index (κ1) is 9.80. The monoisotopic (exact) mass is 210 g/mol. The second-order valence-corrected chi connectivity index (χ2v) is 3.98. The summed E-state index contributed by atoms with van der Waals surface area (Å²) >= 11 is 1.67. The number of hydrogen-bond acceptors (Lipinski definition) is 4. The summed E-state index contributed by atoms with van der Waals surface area (Å²) in [4.78, 5) is 6.66. The topological polar surface area (TPSA) is 25.4 Å². The summed E-state index contributed by atoms with van der Waals surface area (Å²) < 4.78 is 5.30. The Labute approximate surface area is 88.5 Å². The minimum atomic E-state index is 0.824. The summed E-state index contributed by atoms with van der Waals surface area (Å²) in [6, 6.07) is 4.19. The zero-order valence-corrected chi connectivity index (χ0v) is 9.09. The molecular weight excluding hydrogens is 196 g/mol. The fraction of sp³-hybridized carbons (Fsp3) is 0.500. The van der Waals surface area contributed by atoms with Crippen molar-refractivity contribution >= 4 is 17.4 Å². The molecule has 0 radical (unpaired) electrons. The van der Waals surface area contributed by atoms with Crippen LogP contribution in [0, 0.1) is 0 Å². The van der Waals surface area contributed by atoms with Crippen LogP contribution in [0.25, 0.3) is 0 Å². The molecule has 0 spiro atoms. The van der Waals surface area contributed by atoms with E-state index in [9.17, 15) is 0 Å². The number of hydrogen-bond donors (Lipinski definition) is 0. The van der Waals surface area contributed by atoms with Crippen LogP contribution in [0.4, 0.5) is 5.69 Å². The average molecular weight is 210 g/mol. The van der Waals surface area contributed by atoms with E-state index in [0.717, 1.165) is 31.3 Å². The van der Waals surface area contributed by atoms with Gasteiger partial charge in [-0.15, -0.1) is 11.8 Å². The summed E-state index contributed by atoms with van der Waals surface area (Å²) in [5.74, 6) is 0. The molecule has 3 nitrogen and oxygen atoms in total. The Balaban J connectivity index is 2.07. The van der Waals surface area contributed by atoms with Gasteiger partial charge in [0.15, 0.2) is 0 Å². The molecule has 1 fully saturated rings.